The number of aromatic nitrogens is 2. The summed E-state index contributed by atoms with van der Waals surface area (Å²) in [5.74, 6) is -0.941. The van der Waals surface area contributed by atoms with Crippen LogP contribution in [0.5, 0.6) is 0 Å². The van der Waals surface area contributed by atoms with E-state index >= 15 is 0 Å². The van der Waals surface area contributed by atoms with Gasteiger partial charge in [0, 0.05) is 25.0 Å². The van der Waals surface area contributed by atoms with Gasteiger partial charge >= 0.3 is 11.9 Å². The number of ether oxygens (including phenoxy) is 2. The molecule has 0 spiro atoms. The highest BCUT2D eigenvalue weighted by Gasteiger charge is 2.21. The summed E-state index contributed by atoms with van der Waals surface area (Å²) in [6.45, 7) is 4.13. The first-order valence-electron chi connectivity index (χ1n) is 8.73. The predicted octanol–water partition coefficient (Wildman–Crippen LogP) is 2.23. The zero-order valence-electron chi connectivity index (χ0n) is 15.8. The molecule has 1 N–H and O–H groups in total. The Balaban J connectivity index is 1.76. The fourth-order valence-electron chi connectivity index (χ4n) is 2.50. The molecular formula is C20H25N3O4. The van der Waals surface area contributed by atoms with Gasteiger partial charge in [-0.05, 0) is 30.2 Å². The molecule has 0 aliphatic heterocycles. The molecule has 27 heavy (non-hydrogen) atoms. The molecule has 0 unspecified atom stereocenters. The molecule has 1 aromatic heterocycles. The Morgan fingerprint density at radius 1 is 1.22 bits per heavy atom. The van der Waals surface area contributed by atoms with Crippen molar-refractivity contribution >= 4 is 18.0 Å². The van der Waals surface area contributed by atoms with Gasteiger partial charge in [-0.1, -0.05) is 38.1 Å². The van der Waals surface area contributed by atoms with E-state index in [4.69, 9.17) is 9.47 Å². The molecule has 1 atom stereocenters. The SMILES string of the molecule is CN[C@H](C(=O)OCOC(=O)/C=C/c1ccc(Cn2ccnc2)cc1)C(C)C. The quantitative estimate of drug-likeness (QED) is 0.414. The molecule has 0 saturated carbocycles. The van der Waals surface area contributed by atoms with E-state index in [1.165, 1.54) is 6.08 Å². The van der Waals surface area contributed by atoms with Gasteiger partial charge < -0.3 is 19.4 Å². The molecule has 2 aromatic rings. The van der Waals surface area contributed by atoms with Crippen molar-refractivity contribution in [3.8, 4) is 0 Å². The second-order valence-electron chi connectivity index (χ2n) is 6.36. The number of carbonyl (C=O) groups excluding carboxylic acids is 2. The van der Waals surface area contributed by atoms with E-state index in [0.717, 1.165) is 17.7 Å². The average Bonchev–Trinajstić information content (AvgIpc) is 3.14. The molecule has 0 saturated heterocycles. The van der Waals surface area contributed by atoms with Gasteiger partial charge in [-0.25, -0.2) is 9.78 Å². The first-order chi connectivity index (χ1) is 13.0. The minimum Gasteiger partial charge on any atom is -0.427 e. The van der Waals surface area contributed by atoms with Crippen LogP contribution in [0.25, 0.3) is 6.08 Å². The number of hydrogen-bond donors (Lipinski definition) is 1. The van der Waals surface area contributed by atoms with Crippen molar-refractivity contribution in [1.29, 1.82) is 0 Å². The zero-order chi connectivity index (χ0) is 19.6. The van der Waals surface area contributed by atoms with Crippen molar-refractivity contribution in [1.82, 2.24) is 14.9 Å². The van der Waals surface area contributed by atoms with Crippen LogP contribution >= 0.6 is 0 Å². The predicted molar refractivity (Wildman–Crippen MR) is 102 cm³/mol. The molecular weight excluding hydrogens is 346 g/mol. The van der Waals surface area contributed by atoms with Crippen LogP contribution in [0.1, 0.15) is 25.0 Å². The molecule has 7 heteroatoms. The van der Waals surface area contributed by atoms with Crippen LogP contribution in [0.3, 0.4) is 0 Å². The Morgan fingerprint density at radius 3 is 2.56 bits per heavy atom. The number of likely N-dealkylation sites (N-methyl/N-ethyl adjacent to an activating group) is 1. The largest absolute Gasteiger partial charge is 0.427 e. The fraction of sp³-hybridized carbons (Fsp3) is 0.350. The van der Waals surface area contributed by atoms with Crippen LogP contribution in [0.2, 0.25) is 0 Å². The van der Waals surface area contributed by atoms with Crippen molar-refractivity contribution in [3.05, 3.63) is 60.2 Å². The lowest BCUT2D eigenvalue weighted by molar-refractivity contribution is -0.166. The lowest BCUT2D eigenvalue weighted by Crippen LogP contribution is -2.40. The first-order valence-corrected chi connectivity index (χ1v) is 8.73. The number of imidazole rings is 1. The van der Waals surface area contributed by atoms with Gasteiger partial charge in [-0.3, -0.25) is 4.79 Å². The Hall–Kier alpha value is -2.93. The summed E-state index contributed by atoms with van der Waals surface area (Å²) in [5, 5.41) is 2.87. The van der Waals surface area contributed by atoms with Crippen molar-refractivity contribution in [2.24, 2.45) is 5.92 Å². The van der Waals surface area contributed by atoms with Gasteiger partial charge in [0.25, 0.3) is 0 Å². The van der Waals surface area contributed by atoms with Gasteiger partial charge in [-0.15, -0.1) is 0 Å². The third-order valence-corrected chi connectivity index (χ3v) is 3.95. The van der Waals surface area contributed by atoms with Crippen LogP contribution in [0.4, 0.5) is 0 Å². The number of benzene rings is 1. The molecule has 0 aliphatic carbocycles. The van der Waals surface area contributed by atoms with E-state index in [1.54, 1.807) is 25.6 Å². The molecule has 7 nitrogen and oxygen atoms in total. The summed E-state index contributed by atoms with van der Waals surface area (Å²) >= 11 is 0. The van der Waals surface area contributed by atoms with Crippen molar-refractivity contribution < 1.29 is 19.1 Å². The van der Waals surface area contributed by atoms with Crippen LogP contribution in [0, 0.1) is 5.92 Å². The highest BCUT2D eigenvalue weighted by Crippen LogP contribution is 2.08. The van der Waals surface area contributed by atoms with Crippen LogP contribution in [-0.4, -0.2) is 41.4 Å². The lowest BCUT2D eigenvalue weighted by atomic mass is 10.1. The number of hydrogen-bond acceptors (Lipinski definition) is 6. The maximum atomic E-state index is 11.8. The summed E-state index contributed by atoms with van der Waals surface area (Å²) < 4.78 is 11.8. The molecule has 2 rings (SSSR count). The Bertz CT molecular complexity index is 752. The van der Waals surface area contributed by atoms with Crippen molar-refractivity contribution in [2.75, 3.05) is 13.8 Å². The zero-order valence-corrected chi connectivity index (χ0v) is 15.8. The van der Waals surface area contributed by atoms with E-state index in [-0.39, 0.29) is 5.92 Å². The molecule has 0 fully saturated rings. The number of nitrogens with zero attached hydrogens (tertiary/aromatic N) is 2. The lowest BCUT2D eigenvalue weighted by Gasteiger charge is -2.18. The summed E-state index contributed by atoms with van der Waals surface area (Å²) in [5.41, 5.74) is 2.00. The smallest absolute Gasteiger partial charge is 0.333 e. The van der Waals surface area contributed by atoms with Crippen molar-refractivity contribution in [2.45, 2.75) is 26.4 Å². The van der Waals surface area contributed by atoms with E-state index in [2.05, 4.69) is 10.3 Å². The van der Waals surface area contributed by atoms with Gasteiger partial charge in [0.15, 0.2) is 0 Å². The highest BCUT2D eigenvalue weighted by molar-refractivity contribution is 5.87. The summed E-state index contributed by atoms with van der Waals surface area (Å²) in [4.78, 5) is 27.6. The van der Waals surface area contributed by atoms with Crippen molar-refractivity contribution in [3.63, 3.8) is 0 Å². The molecule has 0 amide bonds. The maximum absolute atomic E-state index is 11.8. The molecule has 0 radical (unpaired) electrons. The van der Waals surface area contributed by atoms with E-state index < -0.39 is 24.8 Å². The summed E-state index contributed by atoms with van der Waals surface area (Å²) in [6, 6.07) is 7.36. The third kappa shape index (κ3) is 6.71. The topological polar surface area (TPSA) is 82.5 Å². The van der Waals surface area contributed by atoms with Gasteiger partial charge in [0.2, 0.25) is 6.79 Å². The average molecular weight is 371 g/mol. The standard InChI is InChI=1S/C20H25N3O4/c1-15(2)19(21-3)20(25)27-14-26-18(24)9-8-16-4-6-17(7-5-16)12-23-11-10-22-13-23/h4-11,13,15,19,21H,12,14H2,1-3H3/b9-8+/t19-/m0/s1. The minimum atomic E-state index is -0.573. The van der Waals surface area contributed by atoms with Gasteiger partial charge in [0.05, 0.1) is 6.33 Å². The van der Waals surface area contributed by atoms with E-state index in [1.807, 2.05) is 48.9 Å². The van der Waals surface area contributed by atoms with E-state index in [9.17, 15) is 9.59 Å². The van der Waals surface area contributed by atoms with Gasteiger partial charge in [-0.2, -0.15) is 0 Å². The molecule has 0 aliphatic rings. The number of rotatable bonds is 9. The molecule has 1 aromatic carbocycles. The van der Waals surface area contributed by atoms with Crippen LogP contribution in [-0.2, 0) is 25.6 Å². The maximum Gasteiger partial charge on any atom is 0.333 e. The first kappa shape index (κ1) is 20.4. The van der Waals surface area contributed by atoms with Crippen LogP contribution in [0.15, 0.2) is 49.1 Å². The monoisotopic (exact) mass is 371 g/mol. The van der Waals surface area contributed by atoms with Crippen LogP contribution < -0.4 is 5.32 Å². The Morgan fingerprint density at radius 2 is 1.96 bits per heavy atom. The second kappa shape index (κ2) is 10.3. The Labute approximate surface area is 159 Å². The molecule has 144 valence electrons. The number of esters is 2. The fourth-order valence-corrected chi connectivity index (χ4v) is 2.50. The minimum absolute atomic E-state index is 0.0786. The number of carbonyl (C=O) groups is 2. The Kier molecular flexibility index (Phi) is 7.76. The summed E-state index contributed by atoms with van der Waals surface area (Å²) in [7, 11) is 1.68. The molecule has 1 heterocycles. The summed E-state index contributed by atoms with van der Waals surface area (Å²) in [6.07, 6.45) is 8.35. The molecule has 0 bridgehead atoms. The number of nitrogens with one attached hydrogen (secondary N) is 1. The van der Waals surface area contributed by atoms with Gasteiger partial charge in [0.1, 0.15) is 6.04 Å². The highest BCUT2D eigenvalue weighted by atomic mass is 16.7. The second-order valence-corrected chi connectivity index (χ2v) is 6.36. The third-order valence-electron chi connectivity index (χ3n) is 3.95. The van der Waals surface area contributed by atoms with E-state index in [0.29, 0.717) is 0 Å². The normalized spacial score (nSPS) is 12.3.